The number of hydrogen-bond donors (Lipinski definition) is 1. The predicted octanol–water partition coefficient (Wildman–Crippen LogP) is 3.68. The minimum absolute atomic E-state index is 0.000310. The van der Waals surface area contributed by atoms with Crippen LogP contribution >= 0.6 is 0 Å². The molecule has 0 unspecified atom stereocenters. The van der Waals surface area contributed by atoms with E-state index in [4.69, 9.17) is 9.26 Å². The molecule has 0 bridgehead atoms. The molecule has 1 N–H and O–H groups in total. The number of carbonyl (C=O) groups is 1. The fraction of sp³-hybridized carbons (Fsp3) is 0.474. The molecule has 1 fully saturated rings. The topological polar surface area (TPSA) is 67.6 Å². The summed E-state index contributed by atoms with van der Waals surface area (Å²) in [6.07, 6.45) is 3.80. The lowest BCUT2D eigenvalue weighted by Crippen LogP contribution is -2.39. The van der Waals surface area contributed by atoms with Crippen LogP contribution in [0.4, 0.5) is 4.79 Å². The summed E-state index contributed by atoms with van der Waals surface area (Å²) in [7, 11) is 1.64. The lowest BCUT2D eigenvalue weighted by Gasteiger charge is -2.23. The number of carbonyl (C=O) groups excluding carboxylic acids is 1. The van der Waals surface area contributed by atoms with Crippen LogP contribution in [0.1, 0.15) is 49.2 Å². The Bertz CT molecular complexity index is 713. The number of benzene rings is 1. The molecule has 1 aromatic heterocycles. The average Bonchev–Trinajstić information content (AvgIpc) is 3.29. The molecule has 0 radical (unpaired) electrons. The van der Waals surface area contributed by atoms with Crippen LogP contribution in [-0.4, -0.2) is 29.7 Å². The molecule has 3 rings (SSSR count). The summed E-state index contributed by atoms with van der Waals surface area (Å²) < 4.78 is 10.6. The van der Waals surface area contributed by atoms with Gasteiger partial charge in [-0.3, -0.25) is 0 Å². The Kier molecular flexibility index (Phi) is 5.58. The number of hydrogen-bond acceptors (Lipinski definition) is 4. The molecule has 1 aliphatic rings. The van der Waals surface area contributed by atoms with Gasteiger partial charge in [0.05, 0.1) is 13.2 Å². The second-order valence-electron chi connectivity index (χ2n) is 6.33. The molecule has 2 amide bonds. The maximum Gasteiger partial charge on any atom is 0.318 e. The number of aromatic nitrogens is 1. The Morgan fingerprint density at radius 1 is 1.44 bits per heavy atom. The van der Waals surface area contributed by atoms with E-state index in [1.165, 1.54) is 0 Å². The summed E-state index contributed by atoms with van der Waals surface area (Å²) in [6.45, 7) is 3.32. The first-order valence-electron chi connectivity index (χ1n) is 8.84. The first-order valence-corrected chi connectivity index (χ1v) is 8.84. The highest BCUT2D eigenvalue weighted by molar-refractivity contribution is 5.75. The summed E-state index contributed by atoms with van der Waals surface area (Å²) in [5, 5.41) is 7.17. The number of amides is 2. The fourth-order valence-electron chi connectivity index (χ4n) is 3.23. The third-order valence-corrected chi connectivity index (χ3v) is 4.51. The third-order valence-electron chi connectivity index (χ3n) is 4.51. The summed E-state index contributed by atoms with van der Waals surface area (Å²) in [5.41, 5.74) is 1.87. The molecule has 1 atom stereocenters. The largest absolute Gasteiger partial charge is 0.497 e. The fourth-order valence-corrected chi connectivity index (χ4v) is 3.23. The number of methoxy groups -OCH3 is 1. The Morgan fingerprint density at radius 2 is 2.32 bits per heavy atom. The van der Waals surface area contributed by atoms with E-state index in [1.54, 1.807) is 7.11 Å². The number of rotatable bonds is 6. The minimum Gasteiger partial charge on any atom is -0.497 e. The van der Waals surface area contributed by atoms with Crippen molar-refractivity contribution in [2.75, 3.05) is 13.7 Å². The summed E-state index contributed by atoms with van der Waals surface area (Å²) in [6, 6.07) is 9.63. The van der Waals surface area contributed by atoms with Crippen LogP contribution in [0, 0.1) is 0 Å². The summed E-state index contributed by atoms with van der Waals surface area (Å²) in [4.78, 5) is 14.5. The molecule has 1 aliphatic heterocycles. The van der Waals surface area contributed by atoms with Crippen LogP contribution in [0.25, 0.3) is 0 Å². The van der Waals surface area contributed by atoms with Gasteiger partial charge in [0.25, 0.3) is 0 Å². The summed E-state index contributed by atoms with van der Waals surface area (Å²) >= 11 is 0. The van der Waals surface area contributed by atoms with Gasteiger partial charge in [-0.2, -0.15) is 0 Å². The number of ether oxygens (including phenoxy) is 1. The summed E-state index contributed by atoms with van der Waals surface area (Å²) in [5.74, 6) is 1.68. The second-order valence-corrected chi connectivity index (χ2v) is 6.33. The molecular weight excluding hydrogens is 318 g/mol. The number of nitrogens with one attached hydrogen (secondary N) is 1. The van der Waals surface area contributed by atoms with E-state index in [-0.39, 0.29) is 12.1 Å². The molecular formula is C19H25N3O3. The van der Waals surface area contributed by atoms with E-state index in [0.717, 1.165) is 55.0 Å². The van der Waals surface area contributed by atoms with Gasteiger partial charge >= 0.3 is 6.03 Å². The molecule has 25 heavy (non-hydrogen) atoms. The Balaban J connectivity index is 1.61. The van der Waals surface area contributed by atoms with Crippen LogP contribution in [-0.2, 0) is 13.0 Å². The van der Waals surface area contributed by atoms with Crippen LogP contribution in [0.15, 0.2) is 34.9 Å². The average molecular weight is 343 g/mol. The Hall–Kier alpha value is -2.50. The lowest BCUT2D eigenvalue weighted by molar-refractivity contribution is 0.190. The van der Waals surface area contributed by atoms with Crippen molar-refractivity contribution in [2.45, 2.75) is 45.2 Å². The van der Waals surface area contributed by atoms with Gasteiger partial charge in [-0.15, -0.1) is 0 Å². The zero-order valence-corrected chi connectivity index (χ0v) is 14.8. The van der Waals surface area contributed by atoms with E-state index in [0.29, 0.717) is 6.54 Å². The molecule has 6 heteroatoms. The van der Waals surface area contributed by atoms with Crippen molar-refractivity contribution in [3.63, 3.8) is 0 Å². The van der Waals surface area contributed by atoms with Crippen molar-refractivity contribution in [3.8, 4) is 5.75 Å². The van der Waals surface area contributed by atoms with Gasteiger partial charge in [0.1, 0.15) is 17.2 Å². The van der Waals surface area contributed by atoms with Crippen LogP contribution in [0.5, 0.6) is 5.75 Å². The van der Waals surface area contributed by atoms with Crippen molar-refractivity contribution in [2.24, 2.45) is 0 Å². The first kappa shape index (κ1) is 17.3. The molecule has 2 heterocycles. The monoisotopic (exact) mass is 343 g/mol. The molecule has 1 saturated heterocycles. The molecule has 134 valence electrons. The van der Waals surface area contributed by atoms with Crippen LogP contribution < -0.4 is 10.1 Å². The smallest absolute Gasteiger partial charge is 0.318 e. The van der Waals surface area contributed by atoms with Gasteiger partial charge in [0.2, 0.25) is 0 Å². The van der Waals surface area contributed by atoms with Gasteiger partial charge < -0.3 is 19.5 Å². The molecule has 0 aliphatic carbocycles. The van der Waals surface area contributed by atoms with Gasteiger partial charge in [-0.05, 0) is 37.0 Å². The normalized spacial score (nSPS) is 16.9. The van der Waals surface area contributed by atoms with Crippen molar-refractivity contribution in [1.29, 1.82) is 0 Å². The number of nitrogens with zero attached hydrogens (tertiary/aromatic N) is 2. The minimum atomic E-state index is -0.0645. The standard InChI is InChI=1S/C19H25N3O3/c1-3-6-16-12-17(21-25-16)18-9-5-10-22(18)19(23)20-13-14-7-4-8-15(11-14)24-2/h4,7-8,11-12,18H,3,5-6,9-10,13H2,1-2H3,(H,20,23)/t18-/m1/s1. The van der Waals surface area contributed by atoms with E-state index in [1.807, 2.05) is 35.2 Å². The van der Waals surface area contributed by atoms with Gasteiger partial charge in [0.15, 0.2) is 0 Å². The van der Waals surface area contributed by atoms with E-state index < -0.39 is 0 Å². The quantitative estimate of drug-likeness (QED) is 0.869. The highest BCUT2D eigenvalue weighted by Crippen LogP contribution is 2.31. The number of aryl methyl sites for hydroxylation is 1. The Labute approximate surface area is 148 Å². The van der Waals surface area contributed by atoms with Crippen molar-refractivity contribution in [1.82, 2.24) is 15.4 Å². The number of urea groups is 1. The third kappa shape index (κ3) is 4.13. The van der Waals surface area contributed by atoms with Gasteiger partial charge in [0, 0.05) is 25.6 Å². The van der Waals surface area contributed by atoms with Crippen molar-refractivity contribution in [3.05, 3.63) is 47.3 Å². The van der Waals surface area contributed by atoms with Crippen LogP contribution in [0.3, 0.4) is 0 Å². The SMILES string of the molecule is CCCc1cc([C@H]2CCCN2C(=O)NCc2cccc(OC)c2)no1. The predicted molar refractivity (Wildman–Crippen MR) is 94.4 cm³/mol. The maximum absolute atomic E-state index is 12.6. The van der Waals surface area contributed by atoms with Gasteiger partial charge in [-0.25, -0.2) is 4.79 Å². The zero-order valence-electron chi connectivity index (χ0n) is 14.8. The van der Waals surface area contributed by atoms with Crippen molar-refractivity contribution >= 4 is 6.03 Å². The maximum atomic E-state index is 12.6. The molecule has 1 aromatic carbocycles. The first-order chi connectivity index (χ1) is 12.2. The van der Waals surface area contributed by atoms with Gasteiger partial charge in [-0.1, -0.05) is 24.2 Å². The second kappa shape index (κ2) is 8.05. The lowest BCUT2D eigenvalue weighted by atomic mass is 10.1. The zero-order chi connectivity index (χ0) is 17.6. The molecule has 2 aromatic rings. The van der Waals surface area contributed by atoms with E-state index in [9.17, 15) is 4.79 Å². The molecule has 0 spiro atoms. The van der Waals surface area contributed by atoms with Crippen molar-refractivity contribution < 1.29 is 14.1 Å². The van der Waals surface area contributed by atoms with Crippen LogP contribution in [0.2, 0.25) is 0 Å². The molecule has 6 nitrogen and oxygen atoms in total. The molecule has 0 saturated carbocycles. The number of likely N-dealkylation sites (tertiary alicyclic amines) is 1. The highest BCUT2D eigenvalue weighted by atomic mass is 16.5. The van der Waals surface area contributed by atoms with E-state index in [2.05, 4.69) is 17.4 Å². The highest BCUT2D eigenvalue weighted by Gasteiger charge is 2.32. The van der Waals surface area contributed by atoms with E-state index >= 15 is 0 Å². The Morgan fingerprint density at radius 3 is 3.12 bits per heavy atom.